The standard InChI is InChI=1S/C17H29O4P/c1-3-4-5-6-7-8-9-10-13-16-14-11-12-15-17(16)21-22(18,19)20-2/h11-12,14-15H,3-10,13H2,1-2H3,(H,18,19). The van der Waals surface area contributed by atoms with Crippen LogP contribution >= 0.6 is 7.82 Å². The summed E-state index contributed by atoms with van der Waals surface area (Å²) in [4.78, 5) is 9.42. The second-order valence-corrected chi connectivity index (χ2v) is 7.06. The van der Waals surface area contributed by atoms with Crippen molar-refractivity contribution in [2.45, 2.75) is 64.7 Å². The molecule has 0 heterocycles. The van der Waals surface area contributed by atoms with Gasteiger partial charge in [0.2, 0.25) is 0 Å². The minimum atomic E-state index is -3.98. The highest BCUT2D eigenvalue weighted by Crippen LogP contribution is 2.43. The summed E-state index contributed by atoms with van der Waals surface area (Å²) in [5, 5.41) is 0. The molecule has 0 aliphatic carbocycles. The second kappa shape index (κ2) is 10.8. The van der Waals surface area contributed by atoms with E-state index in [2.05, 4.69) is 11.4 Å². The van der Waals surface area contributed by atoms with Crippen LogP contribution in [0.4, 0.5) is 0 Å². The normalized spacial score (nSPS) is 13.8. The van der Waals surface area contributed by atoms with Crippen molar-refractivity contribution in [3.05, 3.63) is 29.8 Å². The number of hydrogen-bond acceptors (Lipinski definition) is 3. The van der Waals surface area contributed by atoms with Crippen molar-refractivity contribution in [3.8, 4) is 5.75 Å². The van der Waals surface area contributed by atoms with Gasteiger partial charge in [-0.05, 0) is 24.5 Å². The smallest absolute Gasteiger partial charge is 0.404 e. The summed E-state index contributed by atoms with van der Waals surface area (Å²) in [5.74, 6) is 0.443. The lowest BCUT2D eigenvalue weighted by Gasteiger charge is -2.13. The third kappa shape index (κ3) is 7.98. The van der Waals surface area contributed by atoms with Crippen LogP contribution in [0.15, 0.2) is 24.3 Å². The highest BCUT2D eigenvalue weighted by molar-refractivity contribution is 7.47. The highest BCUT2D eigenvalue weighted by atomic mass is 31.2. The topological polar surface area (TPSA) is 55.8 Å². The molecule has 0 bridgehead atoms. The molecule has 0 saturated heterocycles. The van der Waals surface area contributed by atoms with Crippen molar-refractivity contribution < 1.29 is 18.5 Å². The van der Waals surface area contributed by atoms with Crippen LogP contribution in [0.3, 0.4) is 0 Å². The number of unbranched alkanes of at least 4 members (excludes halogenated alkanes) is 7. The zero-order valence-corrected chi connectivity index (χ0v) is 14.7. The van der Waals surface area contributed by atoms with Crippen LogP contribution in [0.2, 0.25) is 0 Å². The molecular formula is C17H29O4P. The Labute approximate surface area is 134 Å². The summed E-state index contributed by atoms with van der Waals surface area (Å²) in [6.07, 6.45) is 11.0. The van der Waals surface area contributed by atoms with E-state index in [1.807, 2.05) is 12.1 Å². The van der Waals surface area contributed by atoms with E-state index in [1.54, 1.807) is 12.1 Å². The summed E-state index contributed by atoms with van der Waals surface area (Å²) >= 11 is 0. The molecule has 1 rings (SSSR count). The first kappa shape index (κ1) is 19.2. The van der Waals surface area contributed by atoms with Crippen molar-refractivity contribution in [3.63, 3.8) is 0 Å². The van der Waals surface area contributed by atoms with Gasteiger partial charge in [-0.3, -0.25) is 9.42 Å². The zero-order valence-electron chi connectivity index (χ0n) is 13.8. The molecule has 0 fully saturated rings. The molecule has 0 aliphatic rings. The predicted octanol–water partition coefficient (Wildman–Crippen LogP) is 5.50. The molecule has 0 aliphatic heterocycles. The summed E-state index contributed by atoms with van der Waals surface area (Å²) in [7, 11) is -2.81. The van der Waals surface area contributed by atoms with Crippen LogP contribution in [-0.2, 0) is 15.5 Å². The highest BCUT2D eigenvalue weighted by Gasteiger charge is 2.21. The maximum Gasteiger partial charge on any atom is 0.527 e. The Balaban J connectivity index is 2.32. The summed E-state index contributed by atoms with van der Waals surface area (Å²) in [5.41, 5.74) is 0.958. The lowest BCUT2D eigenvalue weighted by Crippen LogP contribution is -1.97. The lowest BCUT2D eigenvalue weighted by atomic mass is 10.0. The molecule has 4 nitrogen and oxygen atoms in total. The Hall–Kier alpha value is -0.830. The van der Waals surface area contributed by atoms with Crippen molar-refractivity contribution in [1.29, 1.82) is 0 Å². The Kier molecular flexibility index (Phi) is 9.45. The van der Waals surface area contributed by atoms with Gasteiger partial charge in [0, 0.05) is 7.11 Å². The van der Waals surface area contributed by atoms with Crippen LogP contribution in [0.5, 0.6) is 5.75 Å². The zero-order chi connectivity index (χ0) is 16.3. The minimum absolute atomic E-state index is 0.443. The van der Waals surface area contributed by atoms with Gasteiger partial charge in [0.25, 0.3) is 0 Å². The van der Waals surface area contributed by atoms with Crippen LogP contribution < -0.4 is 4.52 Å². The molecule has 5 heteroatoms. The molecule has 1 unspecified atom stereocenters. The van der Waals surface area contributed by atoms with Gasteiger partial charge in [-0.15, -0.1) is 0 Å². The molecule has 0 radical (unpaired) electrons. The number of para-hydroxylation sites is 1. The lowest BCUT2D eigenvalue weighted by molar-refractivity contribution is 0.242. The van der Waals surface area contributed by atoms with Gasteiger partial charge < -0.3 is 4.52 Å². The Morgan fingerprint density at radius 2 is 1.59 bits per heavy atom. The number of aryl methyl sites for hydroxylation is 1. The molecule has 22 heavy (non-hydrogen) atoms. The van der Waals surface area contributed by atoms with E-state index in [9.17, 15) is 9.46 Å². The SMILES string of the molecule is CCCCCCCCCCc1ccccc1OP(=O)(O)OC. The molecule has 0 saturated carbocycles. The maximum atomic E-state index is 11.5. The molecule has 126 valence electrons. The average Bonchev–Trinajstić information content (AvgIpc) is 2.51. The van der Waals surface area contributed by atoms with Crippen LogP contribution in [0.1, 0.15) is 63.9 Å². The fourth-order valence-corrected chi connectivity index (χ4v) is 2.91. The molecule has 0 aromatic heterocycles. The molecule has 1 N–H and O–H groups in total. The molecule has 0 amide bonds. The van der Waals surface area contributed by atoms with Gasteiger partial charge in [0.05, 0.1) is 0 Å². The number of hydrogen-bond donors (Lipinski definition) is 1. The van der Waals surface area contributed by atoms with Crippen molar-refractivity contribution in [2.24, 2.45) is 0 Å². The van der Waals surface area contributed by atoms with E-state index in [0.717, 1.165) is 18.4 Å². The first-order valence-electron chi connectivity index (χ1n) is 8.25. The van der Waals surface area contributed by atoms with Crippen LogP contribution in [0.25, 0.3) is 0 Å². The Morgan fingerprint density at radius 3 is 2.23 bits per heavy atom. The van der Waals surface area contributed by atoms with Crippen molar-refractivity contribution >= 4 is 7.82 Å². The van der Waals surface area contributed by atoms with Crippen molar-refractivity contribution in [2.75, 3.05) is 7.11 Å². The summed E-state index contributed by atoms with van der Waals surface area (Å²) in [6.45, 7) is 2.23. The van der Waals surface area contributed by atoms with E-state index in [0.29, 0.717) is 5.75 Å². The first-order chi connectivity index (χ1) is 10.6. The largest absolute Gasteiger partial charge is 0.527 e. The van der Waals surface area contributed by atoms with Gasteiger partial charge in [0.15, 0.2) is 0 Å². The van der Waals surface area contributed by atoms with E-state index < -0.39 is 7.82 Å². The van der Waals surface area contributed by atoms with Crippen LogP contribution in [-0.4, -0.2) is 12.0 Å². The first-order valence-corrected chi connectivity index (χ1v) is 9.74. The van der Waals surface area contributed by atoms with E-state index >= 15 is 0 Å². The Morgan fingerprint density at radius 1 is 1.00 bits per heavy atom. The number of phosphoric acid groups is 1. The third-order valence-corrected chi connectivity index (χ3v) is 4.61. The summed E-state index contributed by atoms with van der Waals surface area (Å²) in [6, 6.07) is 7.36. The van der Waals surface area contributed by atoms with Gasteiger partial charge in [0.1, 0.15) is 5.75 Å². The fraction of sp³-hybridized carbons (Fsp3) is 0.647. The van der Waals surface area contributed by atoms with Gasteiger partial charge >= 0.3 is 7.82 Å². The fourth-order valence-electron chi connectivity index (χ4n) is 2.41. The predicted molar refractivity (Wildman–Crippen MR) is 90.2 cm³/mol. The van der Waals surface area contributed by atoms with Crippen LogP contribution in [0, 0.1) is 0 Å². The number of phosphoric ester groups is 1. The van der Waals surface area contributed by atoms with Gasteiger partial charge in [-0.2, -0.15) is 0 Å². The van der Waals surface area contributed by atoms with Gasteiger partial charge in [-0.1, -0.05) is 70.1 Å². The Bertz CT molecular complexity index is 462. The third-order valence-electron chi connectivity index (χ3n) is 3.72. The molecule has 1 aromatic rings. The monoisotopic (exact) mass is 328 g/mol. The molecule has 1 aromatic carbocycles. The number of rotatable bonds is 12. The molecular weight excluding hydrogens is 299 g/mol. The number of benzene rings is 1. The second-order valence-electron chi connectivity index (χ2n) is 5.58. The maximum absolute atomic E-state index is 11.5. The molecule has 1 atom stereocenters. The van der Waals surface area contributed by atoms with E-state index in [1.165, 1.54) is 52.1 Å². The van der Waals surface area contributed by atoms with E-state index in [-0.39, 0.29) is 0 Å². The molecule has 0 spiro atoms. The van der Waals surface area contributed by atoms with E-state index in [4.69, 9.17) is 4.52 Å². The van der Waals surface area contributed by atoms with Gasteiger partial charge in [-0.25, -0.2) is 4.57 Å². The quantitative estimate of drug-likeness (QED) is 0.407. The minimum Gasteiger partial charge on any atom is -0.404 e. The van der Waals surface area contributed by atoms with Crippen molar-refractivity contribution in [1.82, 2.24) is 0 Å². The average molecular weight is 328 g/mol. The summed E-state index contributed by atoms with van der Waals surface area (Å²) < 4.78 is 21.1.